The number of hydrogen-bond donors (Lipinski definition) is 1. The summed E-state index contributed by atoms with van der Waals surface area (Å²) in [7, 11) is 1.41. The number of hydrogen-bond acceptors (Lipinski definition) is 3. The fraction of sp³-hybridized carbons (Fsp3) is 0.120. The monoisotopic (exact) mass is 554 g/mol. The van der Waals surface area contributed by atoms with E-state index in [0.717, 1.165) is 4.57 Å². The van der Waals surface area contributed by atoms with E-state index in [-0.39, 0.29) is 33.2 Å². The zero-order valence-electron chi connectivity index (χ0n) is 18.4. The van der Waals surface area contributed by atoms with Gasteiger partial charge < -0.3 is 14.6 Å². The fourth-order valence-corrected chi connectivity index (χ4v) is 4.48. The SMILES string of the molecule is COc1cccc(NC(=O)C(=O)c2c(C(F)(F)F)n(Cc3ccc(Cl)cc3Cl)c3ccc(Cl)cc23)c1. The number of carbonyl (C=O) groups is 2. The van der Waals surface area contributed by atoms with E-state index in [4.69, 9.17) is 39.5 Å². The van der Waals surface area contributed by atoms with Crippen LogP contribution < -0.4 is 10.1 Å². The van der Waals surface area contributed by atoms with Crippen molar-refractivity contribution in [1.82, 2.24) is 4.57 Å². The third-order valence-corrected chi connectivity index (χ3v) is 6.22. The van der Waals surface area contributed by atoms with Gasteiger partial charge in [-0.25, -0.2) is 0 Å². The van der Waals surface area contributed by atoms with E-state index in [1.165, 1.54) is 55.6 Å². The summed E-state index contributed by atoms with van der Waals surface area (Å²) >= 11 is 18.2. The second-order valence-corrected chi connectivity index (χ2v) is 9.00. The van der Waals surface area contributed by atoms with Crippen molar-refractivity contribution in [3.63, 3.8) is 0 Å². The molecule has 4 rings (SSSR count). The predicted molar refractivity (Wildman–Crippen MR) is 133 cm³/mol. The Morgan fingerprint density at radius 2 is 1.67 bits per heavy atom. The van der Waals surface area contributed by atoms with Gasteiger partial charge in [0.1, 0.15) is 11.4 Å². The van der Waals surface area contributed by atoms with Gasteiger partial charge in [-0.1, -0.05) is 46.9 Å². The maximum atomic E-state index is 14.5. The molecule has 3 aromatic carbocycles. The topological polar surface area (TPSA) is 60.3 Å². The molecule has 1 aromatic heterocycles. The van der Waals surface area contributed by atoms with Crippen molar-refractivity contribution < 1.29 is 27.5 Å². The Hall–Kier alpha value is -3.20. The number of benzene rings is 3. The van der Waals surface area contributed by atoms with E-state index in [0.29, 0.717) is 16.3 Å². The number of halogens is 6. The summed E-state index contributed by atoms with van der Waals surface area (Å²) in [5, 5.41) is 2.77. The molecular weight excluding hydrogens is 540 g/mol. The van der Waals surface area contributed by atoms with Crippen LogP contribution in [0.15, 0.2) is 60.7 Å². The molecular formula is C25H16Cl3F3N2O3. The van der Waals surface area contributed by atoms with Crippen molar-refractivity contribution in [3.8, 4) is 5.75 Å². The number of alkyl halides is 3. The molecule has 0 radical (unpaired) electrons. The van der Waals surface area contributed by atoms with Crippen LogP contribution >= 0.6 is 34.8 Å². The Kier molecular flexibility index (Phi) is 7.22. The first-order valence-corrected chi connectivity index (χ1v) is 11.5. The normalized spacial score (nSPS) is 11.5. The molecule has 5 nitrogen and oxygen atoms in total. The molecule has 0 saturated heterocycles. The molecule has 1 amide bonds. The zero-order valence-corrected chi connectivity index (χ0v) is 20.7. The molecule has 0 bridgehead atoms. The summed E-state index contributed by atoms with van der Waals surface area (Å²) < 4.78 is 49.3. The van der Waals surface area contributed by atoms with E-state index >= 15 is 0 Å². The van der Waals surface area contributed by atoms with Crippen LogP contribution in [0.3, 0.4) is 0 Å². The average molecular weight is 556 g/mol. The van der Waals surface area contributed by atoms with Gasteiger partial charge >= 0.3 is 6.18 Å². The smallest absolute Gasteiger partial charge is 0.432 e. The van der Waals surface area contributed by atoms with E-state index < -0.39 is 29.1 Å². The Bertz CT molecular complexity index is 1500. The first kappa shape index (κ1) is 25.9. The highest BCUT2D eigenvalue weighted by Gasteiger charge is 2.42. The maximum absolute atomic E-state index is 14.5. The number of fused-ring (bicyclic) bond motifs is 1. The highest BCUT2D eigenvalue weighted by molar-refractivity contribution is 6.49. The van der Waals surface area contributed by atoms with Crippen molar-refractivity contribution in [2.24, 2.45) is 0 Å². The van der Waals surface area contributed by atoms with E-state index in [2.05, 4.69) is 5.32 Å². The van der Waals surface area contributed by atoms with Crippen molar-refractivity contribution in [2.45, 2.75) is 12.7 Å². The quantitative estimate of drug-likeness (QED) is 0.198. The number of rotatable bonds is 6. The summed E-state index contributed by atoms with van der Waals surface area (Å²) in [6, 6.07) is 14.4. The molecule has 0 unspecified atom stereocenters. The molecule has 0 atom stereocenters. The maximum Gasteiger partial charge on any atom is 0.432 e. The summed E-state index contributed by atoms with van der Waals surface area (Å²) in [4.78, 5) is 26.1. The number of carbonyl (C=O) groups excluding carboxylic acids is 2. The summed E-state index contributed by atoms with van der Waals surface area (Å²) in [5.41, 5.74) is -1.55. The van der Waals surface area contributed by atoms with Gasteiger partial charge in [-0.3, -0.25) is 9.59 Å². The highest BCUT2D eigenvalue weighted by Crippen LogP contribution is 2.40. The molecule has 1 N–H and O–H groups in total. The summed E-state index contributed by atoms with van der Waals surface area (Å²) in [5.74, 6) is -2.24. The number of nitrogens with zero attached hydrogens (tertiary/aromatic N) is 1. The van der Waals surface area contributed by atoms with Gasteiger partial charge in [-0.05, 0) is 48.0 Å². The number of nitrogens with one attached hydrogen (secondary N) is 1. The van der Waals surface area contributed by atoms with Gasteiger partial charge in [0.15, 0.2) is 0 Å². The molecule has 0 fully saturated rings. The molecule has 186 valence electrons. The van der Waals surface area contributed by atoms with Crippen LogP contribution in [0.25, 0.3) is 10.9 Å². The van der Waals surface area contributed by atoms with Gasteiger partial charge in [0.05, 0.1) is 12.7 Å². The number of ketones is 1. The third kappa shape index (κ3) is 5.16. The number of amides is 1. The lowest BCUT2D eigenvalue weighted by Crippen LogP contribution is -2.26. The van der Waals surface area contributed by atoms with Crippen LogP contribution in [0.2, 0.25) is 15.1 Å². The molecule has 0 aliphatic heterocycles. The first-order valence-electron chi connectivity index (χ1n) is 10.3. The molecule has 4 aromatic rings. The van der Waals surface area contributed by atoms with Crippen molar-refractivity contribution in [1.29, 1.82) is 0 Å². The Balaban J connectivity index is 1.87. The van der Waals surface area contributed by atoms with Crippen LogP contribution in [0, 0.1) is 0 Å². The number of anilines is 1. The Morgan fingerprint density at radius 1 is 0.972 bits per heavy atom. The number of methoxy groups -OCH3 is 1. The summed E-state index contributed by atoms with van der Waals surface area (Å²) in [6.45, 7) is -0.340. The molecule has 0 aliphatic carbocycles. The van der Waals surface area contributed by atoms with Gasteiger partial charge in [0, 0.05) is 44.3 Å². The lowest BCUT2D eigenvalue weighted by atomic mass is 10.0. The van der Waals surface area contributed by atoms with Crippen LogP contribution in [0.1, 0.15) is 21.6 Å². The second kappa shape index (κ2) is 10.0. The van der Waals surface area contributed by atoms with Crippen LogP contribution in [0.4, 0.5) is 18.9 Å². The second-order valence-electron chi connectivity index (χ2n) is 7.72. The molecule has 0 aliphatic rings. The lowest BCUT2D eigenvalue weighted by molar-refractivity contribution is -0.143. The molecule has 11 heteroatoms. The van der Waals surface area contributed by atoms with Crippen LogP contribution in [0.5, 0.6) is 5.75 Å². The van der Waals surface area contributed by atoms with E-state index in [1.807, 2.05) is 0 Å². The standard InChI is InChI=1S/C25H16Cl3F3N2O3/c1-36-17-4-2-3-16(11-17)32-24(35)22(34)21-18-9-14(26)7-8-20(18)33(23(21)25(29,30)31)12-13-5-6-15(27)10-19(13)28/h2-11H,12H2,1H3,(H,32,35). The van der Waals surface area contributed by atoms with Gasteiger partial charge in [-0.15, -0.1) is 0 Å². The minimum atomic E-state index is -4.99. The largest absolute Gasteiger partial charge is 0.497 e. The lowest BCUT2D eigenvalue weighted by Gasteiger charge is -2.16. The van der Waals surface area contributed by atoms with E-state index in [1.54, 1.807) is 12.1 Å². The van der Waals surface area contributed by atoms with Crippen LogP contribution in [-0.4, -0.2) is 23.4 Å². The van der Waals surface area contributed by atoms with Crippen molar-refractivity contribution in [3.05, 3.63) is 92.6 Å². The summed E-state index contributed by atoms with van der Waals surface area (Å²) in [6.07, 6.45) is -4.99. The van der Waals surface area contributed by atoms with Gasteiger partial charge in [0.25, 0.3) is 11.7 Å². The molecule has 1 heterocycles. The van der Waals surface area contributed by atoms with E-state index in [9.17, 15) is 22.8 Å². The molecule has 0 saturated carbocycles. The minimum Gasteiger partial charge on any atom is -0.497 e. The highest BCUT2D eigenvalue weighted by atomic mass is 35.5. The molecule has 36 heavy (non-hydrogen) atoms. The number of ether oxygens (including phenoxy) is 1. The third-order valence-electron chi connectivity index (χ3n) is 5.40. The van der Waals surface area contributed by atoms with Gasteiger partial charge in [-0.2, -0.15) is 13.2 Å². The van der Waals surface area contributed by atoms with Crippen molar-refractivity contribution >= 4 is 63.1 Å². The Morgan fingerprint density at radius 3 is 2.33 bits per heavy atom. The fourth-order valence-electron chi connectivity index (χ4n) is 3.84. The first-order chi connectivity index (χ1) is 17.0. The number of Topliss-reactive ketones (excluding diaryl/α,β-unsaturated/α-hetero) is 1. The van der Waals surface area contributed by atoms with Gasteiger partial charge in [0.2, 0.25) is 0 Å². The van der Waals surface area contributed by atoms with Crippen molar-refractivity contribution in [2.75, 3.05) is 12.4 Å². The Labute approximate surface area is 218 Å². The minimum absolute atomic E-state index is 0.0512. The van der Waals surface area contributed by atoms with Crippen LogP contribution in [-0.2, 0) is 17.5 Å². The predicted octanol–water partition coefficient (Wildman–Crippen LogP) is 7.50. The average Bonchev–Trinajstić information content (AvgIpc) is 3.14. The molecule has 0 spiro atoms. The zero-order chi connectivity index (χ0) is 26.2. The number of aromatic nitrogens is 1.